The zero-order chi connectivity index (χ0) is 11.2. The molecule has 2 nitrogen and oxygen atoms in total. The third-order valence-corrected chi connectivity index (χ3v) is 4.29. The molecule has 0 aromatic rings. The summed E-state index contributed by atoms with van der Waals surface area (Å²) in [7, 11) is 0. The second-order valence-corrected chi connectivity index (χ2v) is 5.44. The van der Waals surface area contributed by atoms with E-state index in [-0.39, 0.29) is 0 Å². The average Bonchev–Trinajstić information content (AvgIpc) is 2.75. The molecule has 2 rings (SSSR count). The van der Waals surface area contributed by atoms with Gasteiger partial charge in [0.15, 0.2) is 0 Å². The molecule has 0 saturated heterocycles. The van der Waals surface area contributed by atoms with Gasteiger partial charge in [-0.3, -0.25) is 4.79 Å². The first-order valence-corrected chi connectivity index (χ1v) is 7.08. The van der Waals surface area contributed by atoms with E-state index in [0.717, 1.165) is 0 Å². The van der Waals surface area contributed by atoms with Gasteiger partial charge in [0, 0.05) is 12.1 Å². The number of nitrogens with zero attached hydrogens (tertiary/aromatic N) is 1. The normalized spacial score (nSPS) is 25.0. The minimum absolute atomic E-state index is 0.501. The molecule has 0 aromatic carbocycles. The summed E-state index contributed by atoms with van der Waals surface area (Å²) in [4.78, 5) is 13.2. The molecule has 2 aliphatic rings. The molecule has 1 radical (unpaired) electrons. The van der Waals surface area contributed by atoms with E-state index in [4.69, 9.17) is 0 Å². The van der Waals surface area contributed by atoms with Gasteiger partial charge in [-0.05, 0) is 25.7 Å². The highest BCUT2D eigenvalue weighted by Crippen LogP contribution is 2.28. The third-order valence-electron chi connectivity index (χ3n) is 4.29. The molecule has 16 heavy (non-hydrogen) atoms. The zero-order valence-corrected chi connectivity index (χ0v) is 10.3. The quantitative estimate of drug-likeness (QED) is 0.670. The fourth-order valence-corrected chi connectivity index (χ4v) is 3.34. The van der Waals surface area contributed by atoms with Crippen LogP contribution in [0.1, 0.15) is 70.6 Å². The summed E-state index contributed by atoms with van der Waals surface area (Å²) < 4.78 is 0. The minimum Gasteiger partial charge on any atom is -0.328 e. The fourth-order valence-electron chi connectivity index (χ4n) is 3.34. The molecule has 0 atom stereocenters. The molecule has 1 amide bonds. The molecule has 2 heteroatoms. The molecule has 2 fully saturated rings. The Kier molecular flexibility index (Phi) is 4.68. The first-order chi connectivity index (χ1) is 7.92. The smallest absolute Gasteiger partial charge is 0.312 e. The van der Waals surface area contributed by atoms with Crippen LogP contribution in [0.3, 0.4) is 0 Å². The Morgan fingerprint density at radius 3 is 1.50 bits per heavy atom. The molecular weight excluding hydrogens is 198 g/mol. The first-order valence-electron chi connectivity index (χ1n) is 7.08. The number of hydrogen-bond acceptors (Lipinski definition) is 1. The van der Waals surface area contributed by atoms with Gasteiger partial charge in [0.05, 0.1) is 0 Å². The Balaban J connectivity index is 1.91. The van der Waals surface area contributed by atoms with Crippen LogP contribution in [0, 0.1) is 0 Å². The Hall–Kier alpha value is -0.530. The van der Waals surface area contributed by atoms with E-state index in [1.165, 1.54) is 70.6 Å². The molecule has 0 spiro atoms. The van der Waals surface area contributed by atoms with Gasteiger partial charge >= 0.3 is 6.41 Å². The first kappa shape index (κ1) is 11.9. The van der Waals surface area contributed by atoms with Crippen molar-refractivity contribution in [3.8, 4) is 0 Å². The number of rotatable bonds is 3. The Morgan fingerprint density at radius 1 is 0.688 bits per heavy atom. The Morgan fingerprint density at radius 2 is 1.06 bits per heavy atom. The highest BCUT2D eigenvalue weighted by molar-refractivity contribution is 5.49. The van der Waals surface area contributed by atoms with Crippen molar-refractivity contribution >= 4 is 6.41 Å². The van der Waals surface area contributed by atoms with E-state index >= 15 is 0 Å². The van der Waals surface area contributed by atoms with Crippen molar-refractivity contribution in [3.63, 3.8) is 0 Å². The summed E-state index contributed by atoms with van der Waals surface area (Å²) in [6, 6.07) is 1.02. The van der Waals surface area contributed by atoms with Crippen LogP contribution in [0.5, 0.6) is 0 Å². The lowest BCUT2D eigenvalue weighted by molar-refractivity contribution is 0.193. The summed E-state index contributed by atoms with van der Waals surface area (Å²) in [5.41, 5.74) is 0. The maximum atomic E-state index is 11.2. The van der Waals surface area contributed by atoms with Crippen molar-refractivity contribution < 1.29 is 4.79 Å². The monoisotopic (exact) mass is 222 g/mol. The lowest BCUT2D eigenvalue weighted by Gasteiger charge is -2.33. The minimum atomic E-state index is 0.501. The Labute approximate surface area is 99.4 Å². The molecular formula is C14H24NO. The number of hydrogen-bond donors (Lipinski definition) is 0. The third kappa shape index (κ3) is 2.99. The zero-order valence-electron chi connectivity index (χ0n) is 10.3. The molecule has 0 unspecified atom stereocenters. The van der Waals surface area contributed by atoms with Crippen molar-refractivity contribution in [1.82, 2.24) is 4.90 Å². The van der Waals surface area contributed by atoms with Gasteiger partial charge < -0.3 is 4.90 Å². The van der Waals surface area contributed by atoms with Crippen LogP contribution in [0.2, 0.25) is 0 Å². The highest BCUT2D eigenvalue weighted by Gasteiger charge is 2.28. The topological polar surface area (TPSA) is 20.3 Å². The summed E-state index contributed by atoms with van der Waals surface area (Å²) in [5.74, 6) is 0. The number of amides is 1. The van der Waals surface area contributed by atoms with Gasteiger partial charge in [-0.15, -0.1) is 0 Å². The summed E-state index contributed by atoms with van der Waals surface area (Å²) in [6.45, 7) is 0. The molecule has 0 heterocycles. The molecule has 0 aromatic heterocycles. The average molecular weight is 222 g/mol. The van der Waals surface area contributed by atoms with Crippen molar-refractivity contribution in [2.24, 2.45) is 0 Å². The maximum absolute atomic E-state index is 11.2. The lowest BCUT2D eigenvalue weighted by atomic mass is 9.95. The summed E-state index contributed by atoms with van der Waals surface area (Å²) >= 11 is 0. The molecule has 2 saturated carbocycles. The van der Waals surface area contributed by atoms with E-state index in [2.05, 4.69) is 11.3 Å². The van der Waals surface area contributed by atoms with Gasteiger partial charge in [0.2, 0.25) is 0 Å². The van der Waals surface area contributed by atoms with Crippen LogP contribution in [0.4, 0.5) is 0 Å². The van der Waals surface area contributed by atoms with Crippen molar-refractivity contribution in [1.29, 1.82) is 0 Å². The van der Waals surface area contributed by atoms with Crippen molar-refractivity contribution in [3.05, 3.63) is 0 Å². The second-order valence-electron chi connectivity index (χ2n) is 5.44. The summed E-state index contributed by atoms with van der Waals surface area (Å²) in [6.07, 6.45) is 16.4. The van der Waals surface area contributed by atoms with Crippen LogP contribution in [-0.4, -0.2) is 23.4 Å². The van der Waals surface area contributed by atoms with Crippen LogP contribution < -0.4 is 0 Å². The molecule has 91 valence electrons. The van der Waals surface area contributed by atoms with Crippen LogP contribution in [0.15, 0.2) is 0 Å². The molecule has 0 bridgehead atoms. The van der Waals surface area contributed by atoms with E-state index < -0.39 is 0 Å². The van der Waals surface area contributed by atoms with Crippen LogP contribution in [-0.2, 0) is 4.79 Å². The van der Waals surface area contributed by atoms with Gasteiger partial charge in [0.25, 0.3) is 0 Å². The predicted molar refractivity (Wildman–Crippen MR) is 65.9 cm³/mol. The SMILES string of the molecule is O=[C]N(C1CCCCCCC1)C1CCCC1. The largest absolute Gasteiger partial charge is 0.328 e. The van der Waals surface area contributed by atoms with Crippen molar-refractivity contribution in [2.75, 3.05) is 0 Å². The van der Waals surface area contributed by atoms with E-state index in [9.17, 15) is 4.79 Å². The highest BCUT2D eigenvalue weighted by atomic mass is 16.1. The lowest BCUT2D eigenvalue weighted by Crippen LogP contribution is -2.41. The molecule has 0 aliphatic heterocycles. The van der Waals surface area contributed by atoms with Gasteiger partial charge in [0.1, 0.15) is 0 Å². The van der Waals surface area contributed by atoms with Gasteiger partial charge in [-0.1, -0.05) is 44.9 Å². The maximum Gasteiger partial charge on any atom is 0.312 e. The second kappa shape index (κ2) is 6.27. The molecule has 0 N–H and O–H groups in total. The van der Waals surface area contributed by atoms with E-state index in [0.29, 0.717) is 12.1 Å². The Bertz CT molecular complexity index is 203. The standard InChI is InChI=1S/C14H24NO/c16-12-15(14-10-6-7-11-14)13-8-4-2-1-3-5-9-13/h13-14H,1-11H2. The van der Waals surface area contributed by atoms with E-state index in [1.807, 2.05) is 0 Å². The van der Waals surface area contributed by atoms with E-state index in [1.54, 1.807) is 0 Å². The van der Waals surface area contributed by atoms with Gasteiger partial charge in [-0.2, -0.15) is 0 Å². The predicted octanol–water partition coefficient (Wildman–Crippen LogP) is 3.41. The van der Waals surface area contributed by atoms with Gasteiger partial charge in [-0.25, -0.2) is 0 Å². The van der Waals surface area contributed by atoms with Crippen molar-refractivity contribution in [2.45, 2.75) is 82.7 Å². The summed E-state index contributed by atoms with van der Waals surface area (Å²) in [5, 5.41) is 0. The fraction of sp³-hybridized carbons (Fsp3) is 0.929. The molecule has 2 aliphatic carbocycles. The van der Waals surface area contributed by atoms with Crippen LogP contribution >= 0.6 is 0 Å². The van der Waals surface area contributed by atoms with Crippen LogP contribution in [0.25, 0.3) is 0 Å². The number of carbonyl (C=O) groups excluding carboxylic acids is 1.